The first kappa shape index (κ1) is 15.3. The number of anilines is 1. The molecule has 7 heteroatoms. The lowest BCUT2D eigenvalue weighted by Crippen LogP contribution is -2.30. The molecule has 2 rings (SSSR count). The number of hydrogen-bond donors (Lipinski definition) is 2. The minimum atomic E-state index is -1.01. The molecule has 0 fully saturated rings. The van der Waals surface area contributed by atoms with Gasteiger partial charge in [0.25, 0.3) is 11.8 Å². The number of furan rings is 1. The second-order valence-corrected chi connectivity index (χ2v) is 4.46. The lowest BCUT2D eigenvalue weighted by Gasteiger charge is -2.10. The quantitative estimate of drug-likeness (QED) is 0.814. The number of esters is 1. The molecule has 0 saturated heterocycles. The highest BCUT2D eigenvalue weighted by molar-refractivity contribution is 6.02. The van der Waals surface area contributed by atoms with E-state index in [0.29, 0.717) is 5.69 Å². The zero-order valence-corrected chi connectivity index (χ0v) is 11.7. The maximum atomic E-state index is 11.8. The van der Waals surface area contributed by atoms with Crippen molar-refractivity contribution in [3.8, 4) is 0 Å². The summed E-state index contributed by atoms with van der Waals surface area (Å²) in [5.41, 5.74) is 5.74. The van der Waals surface area contributed by atoms with Gasteiger partial charge in [-0.3, -0.25) is 9.59 Å². The van der Waals surface area contributed by atoms with Crippen LogP contribution in [0.2, 0.25) is 0 Å². The van der Waals surface area contributed by atoms with Crippen LogP contribution in [-0.4, -0.2) is 23.9 Å². The lowest BCUT2D eigenvalue weighted by atomic mass is 10.2. The average Bonchev–Trinajstić information content (AvgIpc) is 3.02. The van der Waals surface area contributed by atoms with Crippen LogP contribution >= 0.6 is 0 Å². The van der Waals surface area contributed by atoms with Gasteiger partial charge in [-0.1, -0.05) is 0 Å². The number of rotatable bonds is 5. The largest absolute Gasteiger partial charge is 0.459 e. The maximum absolute atomic E-state index is 11.8. The Morgan fingerprint density at radius 2 is 1.86 bits per heavy atom. The van der Waals surface area contributed by atoms with Crippen LogP contribution in [0.5, 0.6) is 0 Å². The topological polar surface area (TPSA) is 112 Å². The van der Waals surface area contributed by atoms with Gasteiger partial charge in [-0.05, 0) is 43.3 Å². The summed E-state index contributed by atoms with van der Waals surface area (Å²) in [5.74, 6) is -1.62. The first-order chi connectivity index (χ1) is 10.5. The van der Waals surface area contributed by atoms with Crippen LogP contribution in [0, 0.1) is 0 Å². The lowest BCUT2D eigenvalue weighted by molar-refractivity contribution is -0.125. The molecule has 0 aliphatic heterocycles. The Hall–Kier alpha value is -3.09. The Morgan fingerprint density at radius 1 is 1.18 bits per heavy atom. The zero-order chi connectivity index (χ0) is 16.1. The number of carbonyl (C=O) groups excluding carboxylic acids is 3. The summed E-state index contributed by atoms with van der Waals surface area (Å²) in [4.78, 5) is 34.4. The Bertz CT molecular complexity index is 676. The number of primary amides is 1. The molecule has 0 saturated carbocycles. The summed E-state index contributed by atoms with van der Waals surface area (Å²) in [7, 11) is 0. The highest BCUT2D eigenvalue weighted by Gasteiger charge is 2.16. The summed E-state index contributed by atoms with van der Waals surface area (Å²) < 4.78 is 9.83. The van der Waals surface area contributed by atoms with E-state index in [1.807, 2.05) is 0 Å². The van der Waals surface area contributed by atoms with Crippen molar-refractivity contribution >= 4 is 23.5 Å². The van der Waals surface area contributed by atoms with Crippen molar-refractivity contribution in [3.05, 3.63) is 54.0 Å². The van der Waals surface area contributed by atoms with E-state index < -0.39 is 23.9 Å². The Kier molecular flexibility index (Phi) is 4.57. The van der Waals surface area contributed by atoms with Crippen molar-refractivity contribution in [3.63, 3.8) is 0 Å². The third kappa shape index (κ3) is 3.72. The van der Waals surface area contributed by atoms with Crippen LogP contribution < -0.4 is 11.1 Å². The fourth-order valence-electron chi connectivity index (χ4n) is 1.58. The van der Waals surface area contributed by atoms with Gasteiger partial charge in [-0.2, -0.15) is 0 Å². The van der Waals surface area contributed by atoms with Gasteiger partial charge in [0, 0.05) is 5.69 Å². The van der Waals surface area contributed by atoms with Gasteiger partial charge in [0.15, 0.2) is 11.9 Å². The van der Waals surface area contributed by atoms with E-state index in [0.717, 1.165) is 0 Å². The third-order valence-electron chi connectivity index (χ3n) is 2.81. The average molecular weight is 302 g/mol. The maximum Gasteiger partial charge on any atom is 0.338 e. The molecule has 0 spiro atoms. The SMILES string of the molecule is CC(OC(=O)c1ccc(NC(=O)c2ccco2)cc1)C(N)=O. The van der Waals surface area contributed by atoms with Crippen molar-refractivity contribution in [2.75, 3.05) is 5.32 Å². The molecule has 0 bridgehead atoms. The van der Waals surface area contributed by atoms with E-state index >= 15 is 0 Å². The van der Waals surface area contributed by atoms with Crippen LogP contribution in [0.1, 0.15) is 27.8 Å². The molecule has 1 atom stereocenters. The van der Waals surface area contributed by atoms with E-state index in [1.54, 1.807) is 6.07 Å². The first-order valence-corrected chi connectivity index (χ1v) is 6.42. The van der Waals surface area contributed by atoms with Crippen molar-refractivity contribution in [2.45, 2.75) is 13.0 Å². The van der Waals surface area contributed by atoms with Gasteiger partial charge in [-0.15, -0.1) is 0 Å². The van der Waals surface area contributed by atoms with Crippen molar-refractivity contribution in [1.82, 2.24) is 0 Å². The molecule has 2 amide bonds. The minimum Gasteiger partial charge on any atom is -0.459 e. The number of benzene rings is 1. The van der Waals surface area contributed by atoms with Gasteiger partial charge >= 0.3 is 5.97 Å². The first-order valence-electron chi connectivity index (χ1n) is 6.42. The summed E-state index contributed by atoms with van der Waals surface area (Å²) >= 11 is 0. The van der Waals surface area contributed by atoms with Crippen LogP contribution in [0.15, 0.2) is 47.1 Å². The highest BCUT2D eigenvalue weighted by Crippen LogP contribution is 2.13. The van der Waals surface area contributed by atoms with E-state index in [2.05, 4.69) is 5.32 Å². The summed E-state index contributed by atoms with van der Waals surface area (Å²) in [6.07, 6.45) is 0.388. The Morgan fingerprint density at radius 3 is 2.41 bits per heavy atom. The van der Waals surface area contributed by atoms with Gasteiger partial charge in [0.1, 0.15) is 0 Å². The van der Waals surface area contributed by atoms with E-state index in [4.69, 9.17) is 14.9 Å². The molecule has 0 radical (unpaired) electrons. The van der Waals surface area contributed by atoms with Crippen LogP contribution in [-0.2, 0) is 9.53 Å². The summed E-state index contributed by atoms with van der Waals surface area (Å²) in [5, 5.41) is 2.61. The van der Waals surface area contributed by atoms with E-state index in [-0.39, 0.29) is 11.3 Å². The molecule has 1 aromatic carbocycles. The molecule has 22 heavy (non-hydrogen) atoms. The molecule has 7 nitrogen and oxygen atoms in total. The van der Waals surface area contributed by atoms with Crippen molar-refractivity contribution in [2.24, 2.45) is 5.73 Å². The predicted octanol–water partition coefficient (Wildman–Crippen LogP) is 1.56. The van der Waals surface area contributed by atoms with E-state index in [1.165, 1.54) is 43.5 Å². The van der Waals surface area contributed by atoms with Crippen LogP contribution in [0.3, 0.4) is 0 Å². The van der Waals surface area contributed by atoms with Crippen molar-refractivity contribution in [1.29, 1.82) is 0 Å². The van der Waals surface area contributed by atoms with Crippen LogP contribution in [0.4, 0.5) is 5.69 Å². The molecule has 114 valence electrons. The normalized spacial score (nSPS) is 11.5. The number of ether oxygens (including phenoxy) is 1. The number of hydrogen-bond acceptors (Lipinski definition) is 5. The summed E-state index contributed by atoms with van der Waals surface area (Å²) in [6, 6.07) is 9.14. The molecule has 0 aliphatic rings. The Labute approximate surface area is 126 Å². The number of carbonyl (C=O) groups is 3. The van der Waals surface area contributed by atoms with Crippen LogP contribution in [0.25, 0.3) is 0 Å². The van der Waals surface area contributed by atoms with Crippen molar-refractivity contribution < 1.29 is 23.5 Å². The number of nitrogens with two attached hydrogens (primary N) is 1. The van der Waals surface area contributed by atoms with Gasteiger partial charge in [0.2, 0.25) is 0 Å². The third-order valence-corrected chi connectivity index (χ3v) is 2.81. The molecule has 1 aromatic heterocycles. The fraction of sp³-hybridized carbons (Fsp3) is 0.133. The molecule has 2 aromatic rings. The molecule has 1 unspecified atom stereocenters. The molecule has 3 N–H and O–H groups in total. The Balaban J connectivity index is 1.99. The number of nitrogens with one attached hydrogen (secondary N) is 1. The predicted molar refractivity (Wildman–Crippen MR) is 77.2 cm³/mol. The van der Waals surface area contributed by atoms with E-state index in [9.17, 15) is 14.4 Å². The molecular weight excluding hydrogens is 288 g/mol. The summed E-state index contributed by atoms with van der Waals surface area (Å²) in [6.45, 7) is 1.39. The fourth-order valence-corrected chi connectivity index (χ4v) is 1.58. The second kappa shape index (κ2) is 6.57. The minimum absolute atomic E-state index is 0.179. The zero-order valence-electron chi connectivity index (χ0n) is 11.7. The standard InChI is InChI=1S/C15H14N2O5/c1-9(13(16)18)22-15(20)10-4-6-11(7-5-10)17-14(19)12-3-2-8-21-12/h2-9H,1H3,(H2,16,18)(H,17,19). The van der Waals surface area contributed by atoms with Gasteiger partial charge < -0.3 is 20.2 Å². The highest BCUT2D eigenvalue weighted by atomic mass is 16.5. The molecular formula is C15H14N2O5. The van der Waals surface area contributed by atoms with Gasteiger partial charge in [0.05, 0.1) is 11.8 Å². The monoisotopic (exact) mass is 302 g/mol. The molecule has 0 aliphatic carbocycles. The number of amides is 2. The van der Waals surface area contributed by atoms with Gasteiger partial charge in [-0.25, -0.2) is 4.79 Å². The molecule has 1 heterocycles. The second-order valence-electron chi connectivity index (χ2n) is 4.46. The smallest absolute Gasteiger partial charge is 0.338 e.